The van der Waals surface area contributed by atoms with Crippen molar-refractivity contribution in [3.8, 4) is 17.1 Å². The molecule has 3 aromatic rings. The lowest BCUT2D eigenvalue weighted by atomic mass is 10.1. The van der Waals surface area contributed by atoms with Crippen molar-refractivity contribution in [2.75, 3.05) is 0 Å². The Balaban J connectivity index is 1.74. The standard InChI is InChI=1S/C17H15N3O4/c1-11-6-12(2)8-15(7-11)23-10-16-18-17(19-24-16)13-4-3-5-14(9-13)20(21)22/h3-9H,10H2,1-2H3. The molecule has 0 aliphatic rings. The Morgan fingerprint density at radius 3 is 2.62 bits per heavy atom. The Bertz CT molecular complexity index is 869. The third-order valence-corrected chi connectivity index (χ3v) is 3.34. The summed E-state index contributed by atoms with van der Waals surface area (Å²) < 4.78 is 10.8. The van der Waals surface area contributed by atoms with Gasteiger partial charge in [0.15, 0.2) is 6.61 Å². The fraction of sp³-hybridized carbons (Fsp3) is 0.176. The molecule has 0 fully saturated rings. The van der Waals surface area contributed by atoms with Crippen LogP contribution in [0.25, 0.3) is 11.4 Å². The van der Waals surface area contributed by atoms with Crippen molar-refractivity contribution in [2.45, 2.75) is 20.5 Å². The molecule has 0 N–H and O–H groups in total. The van der Waals surface area contributed by atoms with E-state index in [9.17, 15) is 10.1 Å². The van der Waals surface area contributed by atoms with Gasteiger partial charge < -0.3 is 9.26 Å². The number of aromatic nitrogens is 2. The molecule has 0 spiro atoms. The third-order valence-electron chi connectivity index (χ3n) is 3.34. The molecule has 0 amide bonds. The summed E-state index contributed by atoms with van der Waals surface area (Å²) in [6.45, 7) is 4.12. The van der Waals surface area contributed by atoms with Crippen LogP contribution in [0.5, 0.6) is 5.75 Å². The summed E-state index contributed by atoms with van der Waals surface area (Å²) in [4.78, 5) is 14.6. The fourth-order valence-corrected chi connectivity index (χ4v) is 2.35. The highest BCUT2D eigenvalue weighted by Gasteiger charge is 2.13. The minimum Gasteiger partial charge on any atom is -0.484 e. The molecule has 0 saturated carbocycles. The quantitative estimate of drug-likeness (QED) is 0.523. The van der Waals surface area contributed by atoms with Crippen LogP contribution in [0.1, 0.15) is 17.0 Å². The summed E-state index contributed by atoms with van der Waals surface area (Å²) in [5.74, 6) is 1.32. The smallest absolute Gasteiger partial charge is 0.270 e. The van der Waals surface area contributed by atoms with Crippen molar-refractivity contribution >= 4 is 5.69 Å². The van der Waals surface area contributed by atoms with Crippen LogP contribution in [0.4, 0.5) is 5.69 Å². The molecule has 2 aromatic carbocycles. The van der Waals surface area contributed by atoms with E-state index in [-0.39, 0.29) is 18.1 Å². The lowest BCUT2D eigenvalue weighted by Gasteiger charge is -2.05. The summed E-state index contributed by atoms with van der Waals surface area (Å²) in [6.07, 6.45) is 0. The zero-order chi connectivity index (χ0) is 17.1. The molecule has 0 radical (unpaired) electrons. The molecule has 7 nitrogen and oxygen atoms in total. The number of hydrogen-bond donors (Lipinski definition) is 0. The van der Waals surface area contributed by atoms with E-state index in [0.29, 0.717) is 11.5 Å². The Morgan fingerprint density at radius 2 is 1.92 bits per heavy atom. The van der Waals surface area contributed by atoms with Crippen LogP contribution in [0, 0.1) is 24.0 Å². The van der Waals surface area contributed by atoms with E-state index in [1.165, 1.54) is 12.1 Å². The SMILES string of the molecule is Cc1cc(C)cc(OCc2nc(-c3cccc([N+](=O)[O-])c3)no2)c1. The topological polar surface area (TPSA) is 91.3 Å². The number of nitro benzene ring substituents is 1. The average molecular weight is 325 g/mol. The average Bonchev–Trinajstić information content (AvgIpc) is 3.01. The molecule has 1 heterocycles. The van der Waals surface area contributed by atoms with Gasteiger partial charge in [-0.1, -0.05) is 23.4 Å². The lowest BCUT2D eigenvalue weighted by molar-refractivity contribution is -0.384. The summed E-state index contributed by atoms with van der Waals surface area (Å²) in [6, 6.07) is 12.0. The van der Waals surface area contributed by atoms with Gasteiger partial charge in [0.05, 0.1) is 4.92 Å². The van der Waals surface area contributed by atoms with Crippen molar-refractivity contribution in [1.29, 1.82) is 0 Å². The predicted octanol–water partition coefficient (Wildman–Crippen LogP) is 3.84. The van der Waals surface area contributed by atoms with E-state index < -0.39 is 4.92 Å². The second kappa shape index (κ2) is 6.49. The van der Waals surface area contributed by atoms with Gasteiger partial charge in [-0.15, -0.1) is 0 Å². The Labute approximate surface area is 138 Å². The lowest BCUT2D eigenvalue weighted by Crippen LogP contribution is -1.96. The van der Waals surface area contributed by atoms with E-state index >= 15 is 0 Å². The van der Waals surface area contributed by atoms with Crippen LogP contribution in [0.2, 0.25) is 0 Å². The van der Waals surface area contributed by atoms with Gasteiger partial charge in [0, 0.05) is 17.7 Å². The number of non-ortho nitro benzene ring substituents is 1. The molecule has 0 bridgehead atoms. The number of aryl methyl sites for hydroxylation is 2. The van der Waals surface area contributed by atoms with Crippen LogP contribution in [-0.4, -0.2) is 15.1 Å². The second-order valence-electron chi connectivity index (χ2n) is 5.43. The molecule has 0 unspecified atom stereocenters. The maximum atomic E-state index is 10.8. The first kappa shape index (κ1) is 15.7. The van der Waals surface area contributed by atoms with Gasteiger partial charge in [0.25, 0.3) is 11.6 Å². The van der Waals surface area contributed by atoms with Crippen molar-refractivity contribution in [2.24, 2.45) is 0 Å². The maximum Gasteiger partial charge on any atom is 0.270 e. The molecule has 0 aliphatic carbocycles. The summed E-state index contributed by atoms with van der Waals surface area (Å²) in [5.41, 5.74) is 2.71. The molecule has 1 aromatic heterocycles. The number of benzene rings is 2. The summed E-state index contributed by atoms with van der Waals surface area (Å²) in [5, 5.41) is 14.7. The van der Waals surface area contributed by atoms with Crippen molar-refractivity contribution in [3.05, 3.63) is 69.6 Å². The van der Waals surface area contributed by atoms with Gasteiger partial charge in [-0.25, -0.2) is 0 Å². The highest BCUT2D eigenvalue weighted by molar-refractivity contribution is 5.58. The molecule has 7 heteroatoms. The highest BCUT2D eigenvalue weighted by atomic mass is 16.6. The summed E-state index contributed by atoms with van der Waals surface area (Å²) in [7, 11) is 0. The van der Waals surface area contributed by atoms with Crippen LogP contribution in [0.3, 0.4) is 0 Å². The first-order valence-electron chi connectivity index (χ1n) is 7.30. The zero-order valence-corrected chi connectivity index (χ0v) is 13.2. The van der Waals surface area contributed by atoms with Crippen molar-refractivity contribution < 1.29 is 14.2 Å². The second-order valence-corrected chi connectivity index (χ2v) is 5.43. The number of nitrogens with zero attached hydrogens (tertiary/aromatic N) is 3. The molecule has 0 aliphatic heterocycles. The number of rotatable bonds is 5. The molecule has 122 valence electrons. The minimum absolute atomic E-state index is 0.0228. The zero-order valence-electron chi connectivity index (χ0n) is 13.2. The molecule has 0 atom stereocenters. The molecular weight excluding hydrogens is 310 g/mol. The van der Waals surface area contributed by atoms with Gasteiger partial charge >= 0.3 is 0 Å². The summed E-state index contributed by atoms with van der Waals surface area (Å²) >= 11 is 0. The van der Waals surface area contributed by atoms with Crippen molar-refractivity contribution in [3.63, 3.8) is 0 Å². The fourth-order valence-electron chi connectivity index (χ4n) is 2.35. The van der Waals surface area contributed by atoms with E-state index in [1.54, 1.807) is 12.1 Å². The van der Waals surface area contributed by atoms with Crippen LogP contribution >= 0.6 is 0 Å². The van der Waals surface area contributed by atoms with E-state index in [4.69, 9.17) is 9.26 Å². The van der Waals surface area contributed by atoms with Gasteiger partial charge in [0.2, 0.25) is 5.82 Å². The van der Waals surface area contributed by atoms with E-state index in [2.05, 4.69) is 16.2 Å². The Morgan fingerprint density at radius 1 is 1.17 bits per heavy atom. The molecule has 0 saturated heterocycles. The van der Waals surface area contributed by atoms with Gasteiger partial charge in [-0.3, -0.25) is 10.1 Å². The van der Waals surface area contributed by atoms with Crippen LogP contribution in [0.15, 0.2) is 47.0 Å². The Hall–Kier alpha value is -3.22. The van der Waals surface area contributed by atoms with Gasteiger partial charge in [0.1, 0.15) is 5.75 Å². The van der Waals surface area contributed by atoms with Crippen LogP contribution in [-0.2, 0) is 6.61 Å². The first-order valence-corrected chi connectivity index (χ1v) is 7.30. The third kappa shape index (κ3) is 3.57. The predicted molar refractivity (Wildman–Crippen MR) is 86.6 cm³/mol. The number of nitro groups is 1. The van der Waals surface area contributed by atoms with Crippen molar-refractivity contribution in [1.82, 2.24) is 10.1 Å². The van der Waals surface area contributed by atoms with E-state index in [1.807, 2.05) is 26.0 Å². The first-order chi connectivity index (χ1) is 11.5. The minimum atomic E-state index is -0.465. The molecular formula is C17H15N3O4. The molecule has 3 rings (SSSR count). The highest BCUT2D eigenvalue weighted by Crippen LogP contribution is 2.22. The maximum absolute atomic E-state index is 10.8. The normalized spacial score (nSPS) is 10.6. The van der Waals surface area contributed by atoms with Crippen LogP contribution < -0.4 is 4.74 Å². The van der Waals surface area contributed by atoms with E-state index in [0.717, 1.165) is 16.9 Å². The molecule has 24 heavy (non-hydrogen) atoms. The number of ether oxygens (including phenoxy) is 1. The largest absolute Gasteiger partial charge is 0.484 e. The Kier molecular flexibility index (Phi) is 4.24. The van der Waals surface area contributed by atoms with Gasteiger partial charge in [-0.05, 0) is 37.1 Å². The van der Waals surface area contributed by atoms with Gasteiger partial charge in [-0.2, -0.15) is 4.98 Å². The number of hydrogen-bond acceptors (Lipinski definition) is 6. The monoisotopic (exact) mass is 325 g/mol.